The summed E-state index contributed by atoms with van der Waals surface area (Å²) in [5.41, 5.74) is 5.69. The van der Waals surface area contributed by atoms with Crippen molar-refractivity contribution < 1.29 is 28.6 Å². The molecule has 2 heterocycles. The van der Waals surface area contributed by atoms with Crippen molar-refractivity contribution in [3.8, 4) is 0 Å². The van der Waals surface area contributed by atoms with Gasteiger partial charge >= 0.3 is 11.9 Å². The van der Waals surface area contributed by atoms with Gasteiger partial charge in [0, 0.05) is 43.0 Å². The predicted octanol–water partition coefficient (Wildman–Crippen LogP) is 5.25. The predicted molar refractivity (Wildman–Crippen MR) is 150 cm³/mol. The van der Waals surface area contributed by atoms with E-state index in [9.17, 15) is 18.4 Å². The number of anilines is 2. The van der Waals surface area contributed by atoms with Gasteiger partial charge in [0.05, 0.1) is 24.2 Å². The number of carboxylic acids is 2. The molecule has 2 aliphatic heterocycles. The topological polar surface area (TPSA) is 114 Å². The number of piperazine rings is 1. The molecule has 3 aromatic carbocycles. The van der Waals surface area contributed by atoms with Crippen molar-refractivity contribution in [1.29, 1.82) is 0 Å². The van der Waals surface area contributed by atoms with Crippen LogP contribution >= 0.6 is 0 Å². The van der Waals surface area contributed by atoms with Crippen LogP contribution in [0.15, 0.2) is 65.7 Å². The van der Waals surface area contributed by atoms with E-state index < -0.39 is 11.9 Å². The zero-order valence-electron chi connectivity index (χ0n) is 22.2. The van der Waals surface area contributed by atoms with E-state index >= 15 is 0 Å². The third-order valence-corrected chi connectivity index (χ3v) is 6.67. The summed E-state index contributed by atoms with van der Waals surface area (Å²) in [5.74, 6) is -1.79. The van der Waals surface area contributed by atoms with Gasteiger partial charge in [-0.05, 0) is 61.7 Å². The molecule has 40 heavy (non-hydrogen) atoms. The van der Waals surface area contributed by atoms with Crippen molar-refractivity contribution in [3.05, 3.63) is 89.0 Å². The summed E-state index contributed by atoms with van der Waals surface area (Å²) in [7, 11) is 0. The van der Waals surface area contributed by atoms with E-state index in [1.54, 1.807) is 6.07 Å². The van der Waals surface area contributed by atoms with Gasteiger partial charge in [-0.3, -0.25) is 9.59 Å². The number of carbonyl (C=O) groups is 2. The number of halogens is 2. The summed E-state index contributed by atoms with van der Waals surface area (Å²) in [4.78, 5) is 26.5. The largest absolute Gasteiger partial charge is 0.481 e. The molecule has 3 aromatic rings. The lowest BCUT2D eigenvalue weighted by Gasteiger charge is -2.36. The van der Waals surface area contributed by atoms with Crippen LogP contribution < -0.4 is 10.6 Å². The number of aliphatic carboxylic acids is 2. The fourth-order valence-corrected chi connectivity index (χ4v) is 4.63. The van der Waals surface area contributed by atoms with Crippen LogP contribution in [-0.2, 0) is 16.0 Å². The summed E-state index contributed by atoms with van der Waals surface area (Å²) in [6.07, 6.45) is 1.23. The molecule has 0 unspecified atom stereocenters. The molecular formula is C30H32F2N4O4. The lowest BCUT2D eigenvalue weighted by atomic mass is 10.0. The van der Waals surface area contributed by atoms with Crippen LogP contribution in [0.1, 0.15) is 36.0 Å². The summed E-state index contributed by atoms with van der Waals surface area (Å²) < 4.78 is 27.2. The maximum atomic E-state index is 14.0. The first kappa shape index (κ1) is 28.7. The Bertz CT molecular complexity index is 1380. The maximum Gasteiger partial charge on any atom is 0.303 e. The molecule has 0 bridgehead atoms. The van der Waals surface area contributed by atoms with E-state index in [0.717, 1.165) is 66.4 Å². The third-order valence-electron chi connectivity index (χ3n) is 6.67. The molecule has 1 atom stereocenters. The normalized spacial score (nSPS) is 15.8. The molecule has 4 N–H and O–H groups in total. The van der Waals surface area contributed by atoms with Crippen molar-refractivity contribution in [3.63, 3.8) is 0 Å². The lowest BCUT2D eigenvalue weighted by Crippen LogP contribution is -2.53. The molecule has 10 heteroatoms. The summed E-state index contributed by atoms with van der Waals surface area (Å²) in [6.45, 7) is 4.54. The third kappa shape index (κ3) is 7.86. The molecule has 8 nitrogen and oxygen atoms in total. The Morgan fingerprint density at radius 2 is 1.62 bits per heavy atom. The molecule has 0 spiro atoms. The molecule has 1 saturated heterocycles. The molecule has 1 fully saturated rings. The average Bonchev–Trinajstić information content (AvgIpc) is 3.08. The number of amidine groups is 1. The van der Waals surface area contributed by atoms with Gasteiger partial charge in [-0.25, -0.2) is 13.8 Å². The number of benzene rings is 3. The van der Waals surface area contributed by atoms with Crippen molar-refractivity contribution in [2.75, 3.05) is 25.0 Å². The van der Waals surface area contributed by atoms with Crippen molar-refractivity contribution in [2.24, 2.45) is 4.99 Å². The SMILES string of the molecule is Cc1ccc2c(c1)C(N1CCN[C@@H](CCc3ccc(F)cc3)C1)=Nc1cc(F)ccc1N2.O=C(O)CCC(=O)O. The first-order chi connectivity index (χ1) is 19.2. The van der Waals surface area contributed by atoms with Crippen LogP contribution in [0, 0.1) is 18.6 Å². The fraction of sp³-hybridized carbons (Fsp3) is 0.300. The van der Waals surface area contributed by atoms with Crippen molar-refractivity contribution in [1.82, 2.24) is 10.2 Å². The number of nitrogens with zero attached hydrogens (tertiary/aromatic N) is 2. The van der Waals surface area contributed by atoms with E-state index in [0.29, 0.717) is 5.69 Å². The second-order valence-electron chi connectivity index (χ2n) is 9.82. The monoisotopic (exact) mass is 550 g/mol. The van der Waals surface area contributed by atoms with Gasteiger partial charge in [0.25, 0.3) is 0 Å². The zero-order valence-corrected chi connectivity index (χ0v) is 22.2. The summed E-state index contributed by atoms with van der Waals surface area (Å²) in [5, 5.41) is 22.8. The van der Waals surface area contributed by atoms with Crippen LogP contribution in [0.2, 0.25) is 0 Å². The van der Waals surface area contributed by atoms with E-state index in [4.69, 9.17) is 15.2 Å². The first-order valence-corrected chi connectivity index (χ1v) is 13.1. The minimum absolute atomic E-state index is 0.207. The molecule has 2 aliphatic rings. The second-order valence-corrected chi connectivity index (χ2v) is 9.82. The van der Waals surface area contributed by atoms with E-state index in [1.807, 2.05) is 12.1 Å². The van der Waals surface area contributed by atoms with E-state index in [2.05, 4.69) is 40.7 Å². The minimum atomic E-state index is -1.08. The van der Waals surface area contributed by atoms with Crippen LogP contribution in [0.4, 0.5) is 25.8 Å². The van der Waals surface area contributed by atoms with Gasteiger partial charge in [0.1, 0.15) is 17.5 Å². The Kier molecular flexibility index (Phi) is 9.44. The van der Waals surface area contributed by atoms with Gasteiger partial charge in [-0.2, -0.15) is 0 Å². The average molecular weight is 551 g/mol. The zero-order chi connectivity index (χ0) is 28.6. The molecule has 0 saturated carbocycles. The first-order valence-electron chi connectivity index (χ1n) is 13.1. The van der Waals surface area contributed by atoms with Gasteiger partial charge in [0.15, 0.2) is 0 Å². The number of hydrogen-bond donors (Lipinski definition) is 4. The Morgan fingerprint density at radius 3 is 2.33 bits per heavy atom. The van der Waals surface area contributed by atoms with E-state index in [1.165, 1.54) is 24.3 Å². The van der Waals surface area contributed by atoms with Gasteiger partial charge in [-0.1, -0.05) is 23.8 Å². The number of fused-ring (bicyclic) bond motifs is 2. The standard InChI is InChI=1S/C26H26F2N4.C4H6O4/c1-17-2-10-23-22(14-17)26(31-25-15-20(28)8-11-24(25)30-23)32-13-12-29-21(16-32)9-5-18-3-6-19(27)7-4-18;5-3(6)1-2-4(7)8/h2-4,6-8,10-11,14-15,21,29-30H,5,9,12-13,16H2,1H3;1-2H2,(H,5,6)(H,7,8)/t21-;/m0./s1. The molecule has 0 aliphatic carbocycles. The molecule has 5 rings (SSSR count). The fourth-order valence-electron chi connectivity index (χ4n) is 4.63. The number of hydrogen-bond acceptors (Lipinski definition) is 6. The highest BCUT2D eigenvalue weighted by molar-refractivity contribution is 6.07. The van der Waals surface area contributed by atoms with Crippen LogP contribution in [0.3, 0.4) is 0 Å². The molecular weight excluding hydrogens is 518 g/mol. The number of aryl methyl sites for hydroxylation is 2. The quantitative estimate of drug-likeness (QED) is 0.331. The molecule has 0 radical (unpaired) electrons. The molecule has 0 aromatic heterocycles. The van der Waals surface area contributed by atoms with Crippen LogP contribution in [0.25, 0.3) is 0 Å². The minimum Gasteiger partial charge on any atom is -0.481 e. The van der Waals surface area contributed by atoms with E-state index in [-0.39, 0.29) is 30.5 Å². The van der Waals surface area contributed by atoms with Crippen LogP contribution in [-0.4, -0.2) is 58.6 Å². The maximum absolute atomic E-state index is 14.0. The highest BCUT2D eigenvalue weighted by Crippen LogP contribution is 2.36. The Labute approximate surface area is 231 Å². The van der Waals surface area contributed by atoms with Gasteiger partial charge < -0.3 is 25.7 Å². The van der Waals surface area contributed by atoms with Crippen molar-refractivity contribution >= 4 is 34.8 Å². The smallest absolute Gasteiger partial charge is 0.303 e. The molecule has 0 amide bonds. The van der Waals surface area contributed by atoms with Crippen molar-refractivity contribution in [2.45, 2.75) is 38.6 Å². The number of nitrogens with one attached hydrogen (secondary N) is 2. The number of rotatable bonds is 6. The highest BCUT2D eigenvalue weighted by Gasteiger charge is 2.26. The Balaban J connectivity index is 0.000000406. The lowest BCUT2D eigenvalue weighted by molar-refractivity contribution is -0.143. The second kappa shape index (κ2) is 13.2. The summed E-state index contributed by atoms with van der Waals surface area (Å²) >= 11 is 0. The summed E-state index contributed by atoms with van der Waals surface area (Å²) in [6, 6.07) is 18.0. The molecule has 210 valence electrons. The van der Waals surface area contributed by atoms with Crippen LogP contribution in [0.5, 0.6) is 0 Å². The number of aliphatic imine (C=N–C) groups is 1. The van der Waals surface area contributed by atoms with Gasteiger partial charge in [0.2, 0.25) is 0 Å². The Hall–Kier alpha value is -4.31. The highest BCUT2D eigenvalue weighted by atomic mass is 19.1. The number of carboxylic acid groups (broad SMARTS) is 2. The Morgan fingerprint density at radius 1 is 0.950 bits per heavy atom. The van der Waals surface area contributed by atoms with Gasteiger partial charge in [-0.15, -0.1) is 0 Å².